The Hall–Kier alpha value is -1.92. The van der Waals surface area contributed by atoms with Crippen molar-refractivity contribution >= 4 is 11.6 Å². The molecule has 0 unspecified atom stereocenters. The van der Waals surface area contributed by atoms with Gasteiger partial charge in [0.15, 0.2) is 0 Å². The highest BCUT2D eigenvalue weighted by Crippen LogP contribution is 2.05. The predicted octanol–water partition coefficient (Wildman–Crippen LogP) is 3.31. The minimum absolute atomic E-state index is 0.669. The normalized spacial score (nSPS) is 8.82. The van der Waals surface area contributed by atoms with Crippen LogP contribution in [0.15, 0.2) is 36.7 Å². The van der Waals surface area contributed by atoms with Crippen molar-refractivity contribution in [2.45, 2.75) is 13.8 Å². The van der Waals surface area contributed by atoms with Gasteiger partial charge in [-0.15, -0.1) is 0 Å². The molecule has 0 N–H and O–H groups in total. The Morgan fingerprint density at radius 2 is 1.65 bits per heavy atom. The van der Waals surface area contributed by atoms with Crippen molar-refractivity contribution in [3.63, 3.8) is 0 Å². The molecule has 0 radical (unpaired) electrons. The van der Waals surface area contributed by atoms with Crippen molar-refractivity contribution in [1.29, 1.82) is 5.26 Å². The molecule has 2 aromatic rings. The minimum atomic E-state index is 0.669. The molecule has 17 heavy (non-hydrogen) atoms. The van der Waals surface area contributed by atoms with Gasteiger partial charge in [0, 0.05) is 28.8 Å². The topological polar surface area (TPSA) is 49.6 Å². The molecule has 86 valence electrons. The van der Waals surface area contributed by atoms with E-state index in [1.807, 2.05) is 26.0 Å². The molecule has 0 aliphatic heterocycles. The van der Waals surface area contributed by atoms with Gasteiger partial charge in [-0.3, -0.25) is 9.97 Å². The van der Waals surface area contributed by atoms with Crippen LogP contribution in [-0.4, -0.2) is 9.97 Å². The lowest BCUT2D eigenvalue weighted by Gasteiger charge is -1.88. The lowest BCUT2D eigenvalue weighted by molar-refractivity contribution is 1.19. The molecule has 0 atom stereocenters. The van der Waals surface area contributed by atoms with Gasteiger partial charge in [0.1, 0.15) is 0 Å². The zero-order valence-electron chi connectivity index (χ0n) is 9.68. The van der Waals surface area contributed by atoms with Crippen molar-refractivity contribution in [2.24, 2.45) is 0 Å². The number of rotatable bonds is 0. The van der Waals surface area contributed by atoms with E-state index >= 15 is 0 Å². The Kier molecular flexibility index (Phi) is 5.12. The van der Waals surface area contributed by atoms with Gasteiger partial charge in [-0.25, -0.2) is 0 Å². The zero-order valence-corrected chi connectivity index (χ0v) is 10.4. The molecule has 0 saturated carbocycles. The van der Waals surface area contributed by atoms with E-state index in [2.05, 4.69) is 9.97 Å². The van der Waals surface area contributed by atoms with Crippen LogP contribution in [0.4, 0.5) is 0 Å². The van der Waals surface area contributed by atoms with Crippen LogP contribution in [0.3, 0.4) is 0 Å². The second kappa shape index (κ2) is 6.62. The standard InChI is InChI=1S/C7H6N2.C6H6ClN/c1-6-4-7(5-8)2-3-9-6;1-5-4-6(7)2-3-8-5/h2-4H,1H3;2-4H,1H3. The van der Waals surface area contributed by atoms with Gasteiger partial charge < -0.3 is 0 Å². The lowest BCUT2D eigenvalue weighted by Crippen LogP contribution is -1.79. The number of hydrogen-bond acceptors (Lipinski definition) is 3. The summed E-state index contributed by atoms with van der Waals surface area (Å²) in [6, 6.07) is 9.04. The molecular weight excluding hydrogens is 234 g/mol. The fourth-order valence-corrected chi connectivity index (χ4v) is 1.34. The summed E-state index contributed by atoms with van der Waals surface area (Å²) in [5.74, 6) is 0. The molecule has 2 rings (SSSR count). The molecule has 0 fully saturated rings. The first-order chi connectivity index (χ1) is 8.11. The fourth-order valence-electron chi connectivity index (χ4n) is 1.13. The van der Waals surface area contributed by atoms with E-state index in [4.69, 9.17) is 16.9 Å². The maximum absolute atomic E-state index is 8.38. The summed E-state index contributed by atoms with van der Waals surface area (Å²) in [7, 11) is 0. The van der Waals surface area contributed by atoms with Crippen molar-refractivity contribution in [2.75, 3.05) is 0 Å². The molecule has 0 aliphatic carbocycles. The van der Waals surface area contributed by atoms with Crippen LogP contribution in [-0.2, 0) is 0 Å². The molecule has 0 aromatic carbocycles. The van der Waals surface area contributed by atoms with Gasteiger partial charge in [-0.05, 0) is 38.1 Å². The average Bonchev–Trinajstić information content (AvgIpc) is 2.29. The smallest absolute Gasteiger partial charge is 0.0992 e. The maximum atomic E-state index is 8.38. The first-order valence-electron chi connectivity index (χ1n) is 5.02. The number of nitrogens with zero attached hydrogens (tertiary/aromatic N) is 3. The Balaban J connectivity index is 0.000000171. The molecule has 0 spiro atoms. The number of halogens is 1. The summed E-state index contributed by atoms with van der Waals surface area (Å²) in [4.78, 5) is 7.89. The summed E-state index contributed by atoms with van der Waals surface area (Å²) in [5.41, 5.74) is 2.51. The van der Waals surface area contributed by atoms with Gasteiger partial charge in [-0.2, -0.15) is 5.26 Å². The molecule has 0 bridgehead atoms. The van der Waals surface area contributed by atoms with Gasteiger partial charge in [0.25, 0.3) is 0 Å². The van der Waals surface area contributed by atoms with E-state index in [0.717, 1.165) is 16.4 Å². The van der Waals surface area contributed by atoms with Crippen LogP contribution in [0.25, 0.3) is 0 Å². The number of aryl methyl sites for hydroxylation is 2. The number of aromatic nitrogens is 2. The zero-order chi connectivity index (χ0) is 12.7. The molecule has 2 aromatic heterocycles. The van der Waals surface area contributed by atoms with E-state index in [0.29, 0.717) is 5.56 Å². The van der Waals surface area contributed by atoms with Crippen LogP contribution in [0, 0.1) is 25.2 Å². The maximum Gasteiger partial charge on any atom is 0.0992 e. The highest BCUT2D eigenvalue weighted by Gasteiger charge is 1.87. The average molecular weight is 246 g/mol. The van der Waals surface area contributed by atoms with Crippen molar-refractivity contribution in [1.82, 2.24) is 9.97 Å². The van der Waals surface area contributed by atoms with Gasteiger partial charge in [0.2, 0.25) is 0 Å². The summed E-state index contributed by atoms with van der Waals surface area (Å²) in [5, 5.41) is 9.13. The summed E-state index contributed by atoms with van der Waals surface area (Å²) in [6.45, 7) is 3.77. The van der Waals surface area contributed by atoms with Crippen LogP contribution >= 0.6 is 11.6 Å². The monoisotopic (exact) mass is 245 g/mol. The SMILES string of the molecule is Cc1cc(C#N)ccn1.Cc1cc(Cl)ccn1. The molecule has 0 amide bonds. The summed E-state index contributed by atoms with van der Waals surface area (Å²) in [6.07, 6.45) is 3.32. The Morgan fingerprint density at radius 3 is 2.00 bits per heavy atom. The largest absolute Gasteiger partial charge is 0.262 e. The van der Waals surface area contributed by atoms with Gasteiger partial charge in [0.05, 0.1) is 11.6 Å². The third-order valence-electron chi connectivity index (χ3n) is 1.88. The number of hydrogen-bond donors (Lipinski definition) is 0. The molecule has 0 saturated heterocycles. The van der Waals surface area contributed by atoms with E-state index in [1.165, 1.54) is 0 Å². The first kappa shape index (κ1) is 13.1. The van der Waals surface area contributed by atoms with E-state index in [9.17, 15) is 0 Å². The fraction of sp³-hybridized carbons (Fsp3) is 0.154. The highest BCUT2D eigenvalue weighted by atomic mass is 35.5. The quantitative estimate of drug-likeness (QED) is 0.716. The summed E-state index contributed by atoms with van der Waals surface area (Å²) < 4.78 is 0. The van der Waals surface area contributed by atoms with E-state index < -0.39 is 0 Å². The third kappa shape index (κ3) is 5.10. The van der Waals surface area contributed by atoms with Gasteiger partial charge in [-0.1, -0.05) is 11.6 Å². The van der Waals surface area contributed by atoms with E-state index in [-0.39, 0.29) is 0 Å². The van der Waals surface area contributed by atoms with Crippen LogP contribution < -0.4 is 0 Å². The molecule has 4 heteroatoms. The van der Waals surface area contributed by atoms with E-state index in [1.54, 1.807) is 30.6 Å². The molecule has 2 heterocycles. The molecule has 3 nitrogen and oxygen atoms in total. The Bertz CT molecular complexity index is 515. The highest BCUT2D eigenvalue weighted by molar-refractivity contribution is 6.30. The second-order valence-electron chi connectivity index (χ2n) is 3.41. The minimum Gasteiger partial charge on any atom is -0.262 e. The Morgan fingerprint density at radius 1 is 1.06 bits per heavy atom. The third-order valence-corrected chi connectivity index (χ3v) is 2.12. The van der Waals surface area contributed by atoms with Gasteiger partial charge >= 0.3 is 0 Å². The Labute approximate surface area is 106 Å². The second-order valence-corrected chi connectivity index (χ2v) is 3.85. The summed E-state index contributed by atoms with van der Waals surface area (Å²) >= 11 is 5.60. The van der Waals surface area contributed by atoms with Crippen molar-refractivity contribution < 1.29 is 0 Å². The number of nitriles is 1. The van der Waals surface area contributed by atoms with Crippen LogP contribution in [0.1, 0.15) is 17.0 Å². The van der Waals surface area contributed by atoms with Crippen LogP contribution in [0.5, 0.6) is 0 Å². The predicted molar refractivity (Wildman–Crippen MR) is 67.7 cm³/mol. The first-order valence-corrected chi connectivity index (χ1v) is 5.40. The van der Waals surface area contributed by atoms with Crippen LogP contribution in [0.2, 0.25) is 5.02 Å². The van der Waals surface area contributed by atoms with Crippen molar-refractivity contribution in [3.05, 3.63) is 58.6 Å². The van der Waals surface area contributed by atoms with Crippen molar-refractivity contribution in [3.8, 4) is 6.07 Å². The molecule has 0 aliphatic rings. The molecular formula is C13H12ClN3. The number of pyridine rings is 2. The lowest BCUT2D eigenvalue weighted by atomic mass is 10.2.